The molecule has 0 rings (SSSR count). The highest BCUT2D eigenvalue weighted by Crippen LogP contribution is 2.40. The average Bonchev–Trinajstić information content (AvgIpc) is 2.01. The predicted molar refractivity (Wildman–Crippen MR) is 78.6 cm³/mol. The van der Waals surface area contributed by atoms with Gasteiger partial charge in [-0.15, -0.1) is 9.24 Å². The molecule has 0 fully saturated rings. The summed E-state index contributed by atoms with van der Waals surface area (Å²) in [6, 6.07) is 0. The Balaban J connectivity index is -0.000000208. The second-order valence-corrected chi connectivity index (χ2v) is 11.2. The zero-order valence-electron chi connectivity index (χ0n) is 11.4. The summed E-state index contributed by atoms with van der Waals surface area (Å²) in [7, 11) is 2.39. The van der Waals surface area contributed by atoms with E-state index in [4.69, 9.17) is 0 Å². The lowest BCUT2D eigenvalue weighted by Gasteiger charge is -1.97. The molecule has 15 heavy (non-hydrogen) atoms. The van der Waals surface area contributed by atoms with E-state index in [-0.39, 0.29) is 24.2 Å². The van der Waals surface area contributed by atoms with Crippen LogP contribution in [0.4, 0.5) is 0 Å². The van der Waals surface area contributed by atoms with Crippen molar-refractivity contribution < 1.29 is 17.0 Å². The molecule has 0 aliphatic rings. The smallest absolute Gasteiger partial charge is 0.0481 e. The third-order valence-electron chi connectivity index (χ3n) is 1.56. The van der Waals surface area contributed by atoms with Crippen LogP contribution in [0.3, 0.4) is 0 Å². The highest BCUT2D eigenvalue weighted by Gasteiger charge is 2.03. The van der Waals surface area contributed by atoms with Crippen molar-refractivity contribution in [2.24, 2.45) is 0 Å². The summed E-state index contributed by atoms with van der Waals surface area (Å²) in [6.45, 7) is 11.5. The van der Waals surface area contributed by atoms with E-state index in [2.05, 4.69) is 42.8 Å². The molecule has 0 saturated heterocycles. The molecule has 96 valence electrons. The van der Waals surface area contributed by atoms with E-state index in [1.165, 1.54) is 44.7 Å². The zero-order valence-corrected chi connectivity index (χ0v) is 15.0. The van der Waals surface area contributed by atoms with Crippen LogP contribution in [0, 0.1) is 0 Å². The average molecular weight is 317 g/mol. The fourth-order valence-electron chi connectivity index (χ4n) is 0.925. The fourth-order valence-corrected chi connectivity index (χ4v) is 1.21. The van der Waals surface area contributed by atoms with Gasteiger partial charge in [0.1, 0.15) is 0 Å². The second-order valence-electron chi connectivity index (χ2n) is 5.24. The number of halogens is 1. The van der Waals surface area contributed by atoms with Gasteiger partial charge in [-0.25, -0.2) is 0 Å². The number of rotatable bonds is 6. The zero-order chi connectivity index (χ0) is 11.4. The van der Waals surface area contributed by atoms with Gasteiger partial charge in [0.15, 0.2) is 0 Å². The molecule has 0 bridgehead atoms. The van der Waals surface area contributed by atoms with Crippen molar-refractivity contribution in [3.05, 3.63) is 0 Å². The van der Waals surface area contributed by atoms with Gasteiger partial charge in [-0.05, 0) is 12.6 Å². The van der Waals surface area contributed by atoms with Gasteiger partial charge in [0, 0.05) is 33.9 Å². The predicted octanol–water partition coefficient (Wildman–Crippen LogP) is 1.75. The molecule has 0 amide bonds. The fraction of sp³-hybridized carbons (Fsp3) is 1.00. The van der Waals surface area contributed by atoms with Gasteiger partial charge in [0.25, 0.3) is 0 Å². The lowest BCUT2D eigenvalue weighted by molar-refractivity contribution is -0.00000346. The Bertz CT molecular complexity index is 88.3. The van der Waals surface area contributed by atoms with Crippen LogP contribution in [-0.2, 0) is 0 Å². The van der Waals surface area contributed by atoms with Gasteiger partial charge < -0.3 is 17.0 Å². The van der Waals surface area contributed by atoms with Crippen LogP contribution in [0.2, 0.25) is 0 Å². The number of hydrogen-bond donors (Lipinski definition) is 0. The van der Waals surface area contributed by atoms with E-state index in [1.54, 1.807) is 0 Å². The van der Waals surface area contributed by atoms with Gasteiger partial charge in [-0.1, -0.05) is 39.0 Å². The molecule has 0 nitrogen and oxygen atoms in total. The first-order chi connectivity index (χ1) is 6.41. The minimum Gasteiger partial charge on any atom is -1.00 e. The van der Waals surface area contributed by atoms with Crippen molar-refractivity contribution in [1.82, 2.24) is 0 Å². The Labute approximate surface area is 112 Å². The molecule has 0 radical (unpaired) electrons. The molecule has 0 aliphatic heterocycles. The summed E-state index contributed by atoms with van der Waals surface area (Å²) in [5.74, 6) is 0. The van der Waals surface area contributed by atoms with Crippen LogP contribution >= 0.6 is 16.5 Å². The van der Waals surface area contributed by atoms with E-state index in [0.717, 1.165) is 0 Å². The summed E-state index contributed by atoms with van der Waals surface area (Å²) in [4.78, 5) is 0. The SMILES string of the molecule is CCCCCCCCP.C[P+](C)(C)C.[Br-]. The summed E-state index contributed by atoms with van der Waals surface area (Å²) < 4.78 is 0. The molecule has 0 spiro atoms. The third-order valence-corrected chi connectivity index (χ3v) is 1.97. The van der Waals surface area contributed by atoms with Crippen LogP contribution in [0.15, 0.2) is 0 Å². The van der Waals surface area contributed by atoms with Gasteiger partial charge in [0.2, 0.25) is 0 Å². The highest BCUT2D eigenvalue weighted by atomic mass is 79.9. The monoisotopic (exact) mass is 316 g/mol. The Hall–Kier alpha value is 1.34. The standard InChI is InChI=1S/C8H19P.C4H12P.BrH/c1-2-3-4-5-6-7-8-9;1-5(2,3)4;/h2-9H2,1H3;1-4H3;1H/q;+1;/p-1. The van der Waals surface area contributed by atoms with Crippen molar-refractivity contribution >= 4 is 16.5 Å². The number of unbranched alkanes of at least 4 members (excludes halogenated alkanes) is 5. The minimum atomic E-state index is -0.389. The summed E-state index contributed by atoms with van der Waals surface area (Å²) in [5.41, 5.74) is 0. The summed E-state index contributed by atoms with van der Waals surface area (Å²) >= 11 is 0. The number of hydrogen-bond acceptors (Lipinski definition) is 0. The Morgan fingerprint density at radius 2 is 1.13 bits per heavy atom. The topological polar surface area (TPSA) is 0 Å². The molecule has 0 aromatic heterocycles. The minimum absolute atomic E-state index is 0. The molecule has 0 aromatic carbocycles. The lowest BCUT2D eigenvalue weighted by Crippen LogP contribution is -3.00. The van der Waals surface area contributed by atoms with Crippen LogP contribution in [-0.4, -0.2) is 32.8 Å². The lowest BCUT2D eigenvalue weighted by atomic mass is 10.1. The van der Waals surface area contributed by atoms with Crippen molar-refractivity contribution in [3.63, 3.8) is 0 Å². The van der Waals surface area contributed by atoms with E-state index >= 15 is 0 Å². The van der Waals surface area contributed by atoms with E-state index < -0.39 is 0 Å². The molecule has 1 atom stereocenters. The van der Waals surface area contributed by atoms with Crippen LogP contribution in [0.1, 0.15) is 45.4 Å². The van der Waals surface area contributed by atoms with Crippen molar-refractivity contribution in [3.8, 4) is 0 Å². The van der Waals surface area contributed by atoms with E-state index in [1.807, 2.05) is 0 Å². The molecule has 0 N–H and O–H groups in total. The molecule has 0 saturated carbocycles. The van der Waals surface area contributed by atoms with Crippen LogP contribution in [0.5, 0.6) is 0 Å². The van der Waals surface area contributed by atoms with Gasteiger partial charge >= 0.3 is 0 Å². The Kier molecular flexibility index (Phi) is 22.1. The maximum Gasteiger partial charge on any atom is 0.0481 e. The van der Waals surface area contributed by atoms with E-state index in [9.17, 15) is 0 Å². The molecule has 0 aromatic rings. The first-order valence-electron chi connectivity index (χ1n) is 5.90. The third kappa shape index (κ3) is 50.7. The Morgan fingerprint density at radius 1 is 0.800 bits per heavy atom. The first-order valence-corrected chi connectivity index (χ1v) is 10.3. The van der Waals surface area contributed by atoms with Gasteiger partial charge in [-0.2, -0.15) is 0 Å². The quantitative estimate of drug-likeness (QED) is 0.517. The van der Waals surface area contributed by atoms with Gasteiger partial charge in [-0.3, -0.25) is 0 Å². The van der Waals surface area contributed by atoms with Crippen molar-refractivity contribution in [2.75, 3.05) is 32.8 Å². The van der Waals surface area contributed by atoms with Gasteiger partial charge in [0.05, 0.1) is 0 Å². The summed E-state index contributed by atoms with van der Waals surface area (Å²) in [6.07, 6.45) is 9.80. The van der Waals surface area contributed by atoms with Crippen LogP contribution in [0.25, 0.3) is 0 Å². The van der Waals surface area contributed by atoms with E-state index in [0.29, 0.717) is 0 Å². The van der Waals surface area contributed by atoms with Crippen molar-refractivity contribution in [2.45, 2.75) is 45.4 Å². The molecule has 3 heteroatoms. The molecule has 0 aliphatic carbocycles. The molecule has 0 heterocycles. The first kappa shape index (κ1) is 21.6. The second kappa shape index (κ2) is 15.3. The maximum absolute atomic E-state index is 2.78. The Morgan fingerprint density at radius 3 is 1.47 bits per heavy atom. The summed E-state index contributed by atoms with van der Waals surface area (Å²) in [5, 5.41) is 0. The van der Waals surface area contributed by atoms with Crippen LogP contribution < -0.4 is 17.0 Å². The largest absolute Gasteiger partial charge is 1.00 e. The molecule has 1 unspecified atom stereocenters. The molecular formula is C12H31BrP2. The highest BCUT2D eigenvalue weighted by molar-refractivity contribution is 7.73. The maximum atomic E-state index is 2.78. The molecular weight excluding hydrogens is 286 g/mol. The van der Waals surface area contributed by atoms with Crippen molar-refractivity contribution in [1.29, 1.82) is 0 Å². The normalized spacial score (nSPS) is 10.0.